The molecule has 1 aliphatic carbocycles. The molecule has 0 N–H and O–H groups in total. The van der Waals surface area contributed by atoms with E-state index in [0.29, 0.717) is 43.6 Å². The molecule has 1 fully saturated rings. The molecular weight excluding hydrogens is 449 g/mol. The van der Waals surface area contributed by atoms with Crippen LogP contribution in [0.3, 0.4) is 0 Å². The molecule has 0 unspecified atom stereocenters. The fourth-order valence-corrected chi connectivity index (χ4v) is 5.06. The largest absolute Gasteiger partial charge is 0.467 e. The van der Waals surface area contributed by atoms with Crippen LogP contribution in [0.1, 0.15) is 53.9 Å². The van der Waals surface area contributed by atoms with E-state index < -0.39 is 0 Å². The van der Waals surface area contributed by atoms with Crippen LogP contribution in [0.2, 0.25) is 0 Å². The van der Waals surface area contributed by atoms with Crippen LogP contribution in [0.5, 0.6) is 6.01 Å². The second-order valence-corrected chi connectivity index (χ2v) is 9.09. The van der Waals surface area contributed by atoms with Gasteiger partial charge in [0.1, 0.15) is 5.82 Å². The zero-order valence-electron chi connectivity index (χ0n) is 20.3. The molecule has 2 aromatic heterocycles. The fourth-order valence-electron chi connectivity index (χ4n) is 5.06. The molecule has 2 heterocycles. The van der Waals surface area contributed by atoms with Gasteiger partial charge in [-0.2, -0.15) is 0 Å². The predicted octanol–water partition coefficient (Wildman–Crippen LogP) is 5.00. The number of benzene rings is 1. The Bertz CT molecular complexity index is 1120. The fraction of sp³-hybridized carbons (Fsp3) is 0.481. The Balaban J connectivity index is 1.43. The third-order valence-corrected chi connectivity index (χ3v) is 6.96. The van der Waals surface area contributed by atoms with E-state index in [4.69, 9.17) is 14.2 Å². The van der Waals surface area contributed by atoms with Crippen molar-refractivity contribution in [1.29, 1.82) is 0 Å². The van der Waals surface area contributed by atoms with Crippen LogP contribution in [-0.2, 0) is 9.47 Å². The van der Waals surface area contributed by atoms with Crippen molar-refractivity contribution < 1.29 is 23.4 Å². The van der Waals surface area contributed by atoms with E-state index in [0.717, 1.165) is 42.1 Å². The van der Waals surface area contributed by atoms with Crippen molar-refractivity contribution in [2.24, 2.45) is 11.8 Å². The highest BCUT2D eigenvalue weighted by Gasteiger charge is 2.31. The number of nitrogens with zero attached hydrogens (tertiary/aromatic N) is 3. The first-order valence-electron chi connectivity index (χ1n) is 12.1. The number of ether oxygens (including phenoxy) is 3. The molecule has 3 aromatic rings. The highest BCUT2D eigenvalue weighted by atomic mass is 19.1. The number of methoxy groups -OCH3 is 2. The average Bonchev–Trinajstić information content (AvgIpc) is 2.90. The van der Waals surface area contributed by atoms with Gasteiger partial charge in [0.2, 0.25) is 0 Å². The van der Waals surface area contributed by atoms with Crippen molar-refractivity contribution in [3.05, 3.63) is 59.8 Å². The molecule has 1 atom stereocenters. The summed E-state index contributed by atoms with van der Waals surface area (Å²) in [6.45, 7) is 1.52. The number of pyridine rings is 1. The second-order valence-electron chi connectivity index (χ2n) is 9.09. The van der Waals surface area contributed by atoms with Gasteiger partial charge in [-0.05, 0) is 73.3 Å². The van der Waals surface area contributed by atoms with Crippen molar-refractivity contribution >= 4 is 16.7 Å². The van der Waals surface area contributed by atoms with Gasteiger partial charge in [-0.1, -0.05) is 0 Å². The first-order valence-corrected chi connectivity index (χ1v) is 12.1. The number of fused-ring (bicyclic) bond motifs is 1. The van der Waals surface area contributed by atoms with Gasteiger partial charge in [0.25, 0.3) is 0 Å². The third kappa shape index (κ3) is 6.38. The molecule has 35 heavy (non-hydrogen) atoms. The Hall–Kier alpha value is -2.97. The number of aromatic nitrogens is 3. The maximum Gasteiger partial charge on any atom is 0.316 e. The lowest BCUT2D eigenvalue weighted by Crippen LogP contribution is -2.27. The molecule has 0 radical (unpaired) electrons. The molecule has 4 rings (SSSR count). The van der Waals surface area contributed by atoms with E-state index in [1.54, 1.807) is 19.2 Å². The van der Waals surface area contributed by atoms with Crippen molar-refractivity contribution in [2.45, 2.75) is 38.0 Å². The average molecular weight is 482 g/mol. The number of hydrogen-bond donors (Lipinski definition) is 0. The van der Waals surface area contributed by atoms with Gasteiger partial charge in [0.05, 0.1) is 38.0 Å². The predicted molar refractivity (Wildman–Crippen MR) is 130 cm³/mol. The Morgan fingerprint density at radius 1 is 1.06 bits per heavy atom. The van der Waals surface area contributed by atoms with Crippen molar-refractivity contribution in [1.82, 2.24) is 15.0 Å². The van der Waals surface area contributed by atoms with E-state index in [2.05, 4.69) is 15.0 Å². The maximum absolute atomic E-state index is 13.9. The lowest BCUT2D eigenvalue weighted by molar-refractivity contribution is 0.0293. The van der Waals surface area contributed by atoms with Crippen LogP contribution in [0.25, 0.3) is 10.9 Å². The van der Waals surface area contributed by atoms with E-state index in [-0.39, 0.29) is 23.5 Å². The Morgan fingerprint density at radius 2 is 1.83 bits per heavy atom. The van der Waals surface area contributed by atoms with Gasteiger partial charge in [0, 0.05) is 37.5 Å². The molecule has 1 aliphatic rings. The topological polar surface area (TPSA) is 83.4 Å². The summed E-state index contributed by atoms with van der Waals surface area (Å²) < 4.78 is 29.9. The molecule has 186 valence electrons. The molecule has 8 heteroatoms. The van der Waals surface area contributed by atoms with Crippen LogP contribution in [0.4, 0.5) is 4.39 Å². The smallest absolute Gasteiger partial charge is 0.316 e. The van der Waals surface area contributed by atoms with Crippen molar-refractivity contribution in [3.8, 4) is 6.01 Å². The Morgan fingerprint density at radius 3 is 2.54 bits per heavy atom. The summed E-state index contributed by atoms with van der Waals surface area (Å²) in [5.74, 6) is 0.565. The molecular formula is C27H32FN3O4. The number of carbonyl (C=O) groups is 1. The standard InChI is InChI=1S/C27H32FN3O4/c1-33-11-12-35-17-20(13-26(32)21-15-30-27(34-2)31-16-21)18-3-5-19(6-4-18)23-9-10-29-25-8-7-22(28)14-24(23)25/h7-10,14-16,18-20H,3-6,11-13,17H2,1-2H3/t18?,19?,20-/m1/s1. The summed E-state index contributed by atoms with van der Waals surface area (Å²) in [5, 5.41) is 0.894. The van der Waals surface area contributed by atoms with Gasteiger partial charge in [-0.15, -0.1) is 0 Å². The second kappa shape index (κ2) is 12.1. The summed E-state index contributed by atoms with van der Waals surface area (Å²) in [5.41, 5.74) is 2.46. The normalized spacial score (nSPS) is 18.9. The van der Waals surface area contributed by atoms with Crippen molar-refractivity contribution in [3.63, 3.8) is 0 Å². The first-order chi connectivity index (χ1) is 17.1. The first kappa shape index (κ1) is 25.1. The van der Waals surface area contributed by atoms with Gasteiger partial charge in [-0.3, -0.25) is 9.78 Å². The molecule has 0 amide bonds. The minimum absolute atomic E-state index is 0.00530. The SMILES string of the molecule is COCCOC[C@@H](CC(=O)c1cnc(OC)nc1)C1CCC(c2ccnc3ccc(F)cc23)CC1. The number of ketones is 1. The number of rotatable bonds is 11. The Kier molecular flexibility index (Phi) is 8.71. The lowest BCUT2D eigenvalue weighted by atomic mass is 9.72. The van der Waals surface area contributed by atoms with E-state index in [1.807, 2.05) is 12.3 Å². The van der Waals surface area contributed by atoms with E-state index in [9.17, 15) is 9.18 Å². The zero-order valence-corrected chi connectivity index (χ0v) is 20.3. The van der Waals surface area contributed by atoms with Crippen LogP contribution in [0, 0.1) is 17.7 Å². The quantitative estimate of drug-likeness (QED) is 0.282. The summed E-state index contributed by atoms with van der Waals surface area (Å²) in [4.78, 5) is 25.5. The summed E-state index contributed by atoms with van der Waals surface area (Å²) in [6, 6.07) is 7.04. The van der Waals surface area contributed by atoms with Crippen LogP contribution >= 0.6 is 0 Å². The third-order valence-electron chi connectivity index (χ3n) is 6.96. The van der Waals surface area contributed by atoms with Gasteiger partial charge in [-0.25, -0.2) is 14.4 Å². The number of hydrogen-bond acceptors (Lipinski definition) is 7. The lowest BCUT2D eigenvalue weighted by Gasteiger charge is -2.34. The summed E-state index contributed by atoms with van der Waals surface area (Å²) in [6.07, 6.45) is 9.14. The van der Waals surface area contributed by atoms with Crippen LogP contribution in [0.15, 0.2) is 42.9 Å². The minimum atomic E-state index is -0.241. The molecule has 0 saturated heterocycles. The monoisotopic (exact) mass is 481 g/mol. The molecule has 0 spiro atoms. The minimum Gasteiger partial charge on any atom is -0.467 e. The van der Waals surface area contributed by atoms with Crippen LogP contribution < -0.4 is 4.74 Å². The van der Waals surface area contributed by atoms with Crippen LogP contribution in [-0.4, -0.2) is 54.8 Å². The number of Topliss-reactive ketones (excluding diaryl/α,β-unsaturated/α-hetero) is 1. The van der Waals surface area contributed by atoms with Gasteiger partial charge in [0.15, 0.2) is 5.78 Å². The Labute approximate surface area is 205 Å². The highest BCUT2D eigenvalue weighted by molar-refractivity contribution is 5.95. The highest BCUT2D eigenvalue weighted by Crippen LogP contribution is 2.41. The van der Waals surface area contributed by atoms with Gasteiger partial charge < -0.3 is 14.2 Å². The molecule has 0 bridgehead atoms. The number of carbonyl (C=O) groups excluding carboxylic acids is 1. The number of halogens is 1. The molecule has 1 aromatic carbocycles. The van der Waals surface area contributed by atoms with Crippen molar-refractivity contribution in [2.75, 3.05) is 34.0 Å². The van der Waals surface area contributed by atoms with E-state index in [1.165, 1.54) is 25.6 Å². The molecule has 0 aliphatic heterocycles. The van der Waals surface area contributed by atoms with E-state index >= 15 is 0 Å². The van der Waals surface area contributed by atoms with Gasteiger partial charge >= 0.3 is 6.01 Å². The molecule has 1 saturated carbocycles. The maximum atomic E-state index is 13.9. The molecule has 7 nitrogen and oxygen atoms in total. The summed E-state index contributed by atoms with van der Waals surface area (Å²) in [7, 11) is 3.13. The summed E-state index contributed by atoms with van der Waals surface area (Å²) >= 11 is 0. The zero-order chi connectivity index (χ0) is 24.6.